The second kappa shape index (κ2) is 8.62. The lowest BCUT2D eigenvalue weighted by Crippen LogP contribution is -2.24. The van der Waals surface area contributed by atoms with Crippen LogP contribution in [-0.2, 0) is 24.2 Å². The van der Waals surface area contributed by atoms with E-state index in [2.05, 4.69) is 10.3 Å². The van der Waals surface area contributed by atoms with Crippen LogP contribution >= 0.6 is 23.1 Å². The first kappa shape index (κ1) is 20.0. The van der Waals surface area contributed by atoms with Gasteiger partial charge < -0.3 is 5.32 Å². The molecule has 3 aromatic rings. The van der Waals surface area contributed by atoms with Gasteiger partial charge in [0.1, 0.15) is 4.83 Å². The Morgan fingerprint density at radius 1 is 1.31 bits per heavy atom. The van der Waals surface area contributed by atoms with Gasteiger partial charge >= 0.3 is 0 Å². The number of halogens is 2. The van der Waals surface area contributed by atoms with Crippen LogP contribution in [0.25, 0.3) is 10.2 Å². The van der Waals surface area contributed by atoms with Crippen molar-refractivity contribution in [3.8, 4) is 0 Å². The first-order chi connectivity index (χ1) is 14.0. The van der Waals surface area contributed by atoms with Gasteiger partial charge in [0, 0.05) is 28.4 Å². The molecule has 0 unspecified atom stereocenters. The molecule has 4 rings (SSSR count). The summed E-state index contributed by atoms with van der Waals surface area (Å²) in [5.74, 6) is -2.80. The number of amides is 1. The van der Waals surface area contributed by atoms with E-state index in [-0.39, 0.29) is 24.4 Å². The highest BCUT2D eigenvalue weighted by Crippen LogP contribution is 2.33. The summed E-state index contributed by atoms with van der Waals surface area (Å²) in [6, 6.07) is 6.33. The van der Waals surface area contributed by atoms with E-state index in [9.17, 15) is 18.4 Å². The first-order valence-electron chi connectivity index (χ1n) is 9.35. The number of benzene rings is 1. The minimum absolute atomic E-state index is 0.0889. The lowest BCUT2D eigenvalue weighted by molar-refractivity contribution is -0.116. The highest BCUT2D eigenvalue weighted by molar-refractivity contribution is 7.99. The fourth-order valence-corrected chi connectivity index (χ4v) is 5.31. The van der Waals surface area contributed by atoms with Crippen molar-refractivity contribution in [2.75, 3.05) is 5.32 Å². The van der Waals surface area contributed by atoms with Crippen LogP contribution in [0.15, 0.2) is 40.3 Å². The molecule has 2 heterocycles. The molecule has 0 fully saturated rings. The minimum Gasteiger partial charge on any atom is -0.326 e. The molecule has 0 atom stereocenters. The largest absolute Gasteiger partial charge is 0.326 e. The third kappa shape index (κ3) is 4.51. The number of fused-ring (bicyclic) bond motifs is 3. The molecule has 1 aromatic carbocycles. The number of thioether (sulfide) groups is 1. The monoisotopic (exact) mass is 435 g/mol. The maximum Gasteiger partial charge on any atom is 0.288 e. The third-order valence-corrected chi connectivity index (χ3v) is 6.77. The standard InChI is InChI=1S/C20H19F2N3O2S2/c21-20(22)28-13-5-3-4-12(10-13)24-16(26)8-9-25-11-23-18-17(19(25)27)14-6-1-2-7-15(14)29-18/h3-5,10-11,20H,1-2,6-9H2,(H,24,26). The molecule has 152 valence electrons. The molecule has 0 saturated carbocycles. The van der Waals surface area contributed by atoms with Crippen molar-refractivity contribution in [2.24, 2.45) is 0 Å². The summed E-state index contributed by atoms with van der Waals surface area (Å²) in [4.78, 5) is 32.0. The third-order valence-electron chi connectivity index (χ3n) is 4.86. The summed E-state index contributed by atoms with van der Waals surface area (Å²) in [5.41, 5.74) is 1.48. The number of aryl methyl sites for hydroxylation is 3. The van der Waals surface area contributed by atoms with Crippen LogP contribution < -0.4 is 10.9 Å². The summed E-state index contributed by atoms with van der Waals surface area (Å²) < 4.78 is 26.5. The van der Waals surface area contributed by atoms with Crippen LogP contribution in [-0.4, -0.2) is 21.2 Å². The summed E-state index contributed by atoms with van der Waals surface area (Å²) >= 11 is 2.02. The molecular weight excluding hydrogens is 416 g/mol. The first-order valence-corrected chi connectivity index (χ1v) is 11.1. The number of hydrogen-bond donors (Lipinski definition) is 1. The number of carbonyl (C=O) groups excluding carboxylic acids is 1. The van der Waals surface area contributed by atoms with Gasteiger partial charge in [0.15, 0.2) is 0 Å². The van der Waals surface area contributed by atoms with Crippen molar-refractivity contribution >= 4 is 44.9 Å². The van der Waals surface area contributed by atoms with Crippen LogP contribution in [0.5, 0.6) is 0 Å². The van der Waals surface area contributed by atoms with Gasteiger partial charge in [-0.1, -0.05) is 17.8 Å². The van der Waals surface area contributed by atoms with Crippen LogP contribution in [0.4, 0.5) is 14.5 Å². The van der Waals surface area contributed by atoms with E-state index in [1.165, 1.54) is 21.8 Å². The molecule has 0 spiro atoms. The number of carbonyl (C=O) groups is 1. The number of aromatic nitrogens is 2. The maximum atomic E-state index is 12.9. The Balaban J connectivity index is 1.45. The molecule has 2 aromatic heterocycles. The number of nitrogens with one attached hydrogen (secondary N) is 1. The molecule has 0 saturated heterocycles. The Bertz CT molecular complexity index is 1110. The number of rotatable bonds is 6. The van der Waals surface area contributed by atoms with Crippen molar-refractivity contribution in [3.63, 3.8) is 0 Å². The predicted octanol–water partition coefficient (Wildman–Crippen LogP) is 4.68. The summed E-state index contributed by atoms with van der Waals surface area (Å²) in [6.07, 6.45) is 5.72. The van der Waals surface area contributed by atoms with E-state index in [1.54, 1.807) is 29.5 Å². The zero-order valence-electron chi connectivity index (χ0n) is 15.5. The second-order valence-electron chi connectivity index (χ2n) is 6.84. The van der Waals surface area contributed by atoms with Crippen molar-refractivity contribution in [1.29, 1.82) is 0 Å². The molecule has 1 aliphatic carbocycles. The zero-order chi connectivity index (χ0) is 20.4. The number of hydrogen-bond acceptors (Lipinski definition) is 5. The minimum atomic E-state index is -2.52. The zero-order valence-corrected chi connectivity index (χ0v) is 17.1. The van der Waals surface area contributed by atoms with Gasteiger partial charge in [0.25, 0.3) is 11.3 Å². The Morgan fingerprint density at radius 2 is 2.14 bits per heavy atom. The van der Waals surface area contributed by atoms with E-state index in [0.717, 1.165) is 36.1 Å². The van der Waals surface area contributed by atoms with Gasteiger partial charge in [-0.15, -0.1) is 11.3 Å². The molecule has 9 heteroatoms. The molecule has 29 heavy (non-hydrogen) atoms. The molecule has 5 nitrogen and oxygen atoms in total. The molecule has 1 amide bonds. The second-order valence-corrected chi connectivity index (χ2v) is 8.99. The Morgan fingerprint density at radius 3 is 2.97 bits per heavy atom. The van der Waals surface area contributed by atoms with E-state index in [4.69, 9.17) is 0 Å². The normalized spacial score (nSPS) is 13.6. The van der Waals surface area contributed by atoms with Gasteiger partial charge in [0.2, 0.25) is 5.91 Å². The lowest BCUT2D eigenvalue weighted by atomic mass is 9.97. The topological polar surface area (TPSA) is 64.0 Å². The molecule has 0 radical (unpaired) electrons. The fourth-order valence-electron chi connectivity index (χ4n) is 3.54. The van der Waals surface area contributed by atoms with Gasteiger partial charge in [-0.3, -0.25) is 14.2 Å². The average Bonchev–Trinajstić information content (AvgIpc) is 3.06. The molecule has 0 bridgehead atoms. The molecular formula is C20H19F2N3O2S2. The van der Waals surface area contributed by atoms with Gasteiger partial charge in [-0.2, -0.15) is 8.78 Å². The van der Waals surface area contributed by atoms with Crippen LogP contribution in [0, 0.1) is 0 Å². The quantitative estimate of drug-likeness (QED) is 0.571. The van der Waals surface area contributed by atoms with Crippen molar-refractivity contribution in [1.82, 2.24) is 9.55 Å². The van der Waals surface area contributed by atoms with Crippen molar-refractivity contribution in [3.05, 3.63) is 51.4 Å². The number of anilines is 1. The van der Waals surface area contributed by atoms with Gasteiger partial charge in [-0.25, -0.2) is 4.98 Å². The molecule has 1 N–H and O–H groups in total. The smallest absolute Gasteiger partial charge is 0.288 e. The Labute approximate surface area is 174 Å². The van der Waals surface area contributed by atoms with Crippen molar-refractivity contribution < 1.29 is 13.6 Å². The van der Waals surface area contributed by atoms with Crippen molar-refractivity contribution in [2.45, 2.75) is 49.3 Å². The summed E-state index contributed by atoms with van der Waals surface area (Å²) in [6.45, 7) is 0.212. The number of thiophene rings is 1. The van der Waals surface area contributed by atoms with E-state index >= 15 is 0 Å². The van der Waals surface area contributed by atoms with Crippen LogP contribution in [0.3, 0.4) is 0 Å². The Hall–Kier alpha value is -2.26. The van der Waals surface area contributed by atoms with E-state index < -0.39 is 5.76 Å². The van der Waals surface area contributed by atoms with Gasteiger partial charge in [-0.05, 0) is 49.4 Å². The average molecular weight is 436 g/mol. The maximum absolute atomic E-state index is 12.9. The van der Waals surface area contributed by atoms with Crippen LogP contribution in [0.1, 0.15) is 29.7 Å². The van der Waals surface area contributed by atoms with Crippen LogP contribution in [0.2, 0.25) is 0 Å². The highest BCUT2D eigenvalue weighted by atomic mass is 32.2. The Kier molecular flexibility index (Phi) is 5.96. The molecule has 0 aliphatic heterocycles. The highest BCUT2D eigenvalue weighted by Gasteiger charge is 2.20. The summed E-state index contributed by atoms with van der Waals surface area (Å²) in [7, 11) is 0. The SMILES string of the molecule is O=C(CCn1cnc2sc3c(c2c1=O)CCCC3)Nc1cccc(SC(F)F)c1. The number of alkyl halides is 2. The molecule has 1 aliphatic rings. The number of nitrogens with zero attached hydrogens (tertiary/aromatic N) is 2. The van der Waals surface area contributed by atoms with Gasteiger partial charge in [0.05, 0.1) is 11.7 Å². The van der Waals surface area contributed by atoms with E-state index in [1.807, 2.05) is 0 Å². The van der Waals surface area contributed by atoms with E-state index in [0.29, 0.717) is 27.7 Å². The lowest BCUT2D eigenvalue weighted by Gasteiger charge is -2.11. The fraction of sp³-hybridized carbons (Fsp3) is 0.350. The predicted molar refractivity (Wildman–Crippen MR) is 112 cm³/mol. The summed E-state index contributed by atoms with van der Waals surface area (Å²) in [5, 5.41) is 3.39.